The van der Waals surface area contributed by atoms with Crippen LogP contribution in [0.1, 0.15) is 16.1 Å². The van der Waals surface area contributed by atoms with Crippen LogP contribution in [0, 0.1) is 6.92 Å². The van der Waals surface area contributed by atoms with Gasteiger partial charge in [0.05, 0.1) is 0 Å². The molecule has 0 saturated carbocycles. The summed E-state index contributed by atoms with van der Waals surface area (Å²) < 4.78 is 4.96. The highest BCUT2D eigenvalue weighted by Gasteiger charge is 2.20. The molecule has 2 aromatic carbocycles. The number of amides is 2. The minimum absolute atomic E-state index is 0.0641. The quantitative estimate of drug-likeness (QED) is 0.682. The molecule has 0 bridgehead atoms. The third-order valence-corrected chi connectivity index (χ3v) is 4.33. The molecule has 0 spiro atoms. The van der Waals surface area contributed by atoms with Gasteiger partial charge in [0.15, 0.2) is 5.82 Å². The lowest BCUT2D eigenvalue weighted by atomic mass is 10.1. The van der Waals surface area contributed by atoms with Gasteiger partial charge in [-0.15, -0.1) is 0 Å². The highest BCUT2D eigenvalue weighted by molar-refractivity contribution is 6.01. The summed E-state index contributed by atoms with van der Waals surface area (Å²) in [6.45, 7) is 2.76. The first kappa shape index (κ1) is 19.6. The number of carbonyl (C=O) groups excluding carboxylic acids is 2. The van der Waals surface area contributed by atoms with E-state index in [9.17, 15) is 9.59 Å². The molecule has 1 aromatic heterocycles. The van der Waals surface area contributed by atoms with Crippen LogP contribution in [0.3, 0.4) is 0 Å². The molecule has 28 heavy (non-hydrogen) atoms. The minimum Gasteiger partial charge on any atom is -0.360 e. The number of nitrogens with zero attached hydrogens (tertiary/aromatic N) is 3. The number of anilines is 1. The summed E-state index contributed by atoms with van der Waals surface area (Å²) in [6, 6.07) is 15.1. The number of fused-ring (bicyclic) bond motifs is 1. The number of aryl methyl sites for hydroxylation is 1. The van der Waals surface area contributed by atoms with Crippen molar-refractivity contribution in [2.24, 2.45) is 0 Å². The highest BCUT2D eigenvalue weighted by atomic mass is 16.5. The van der Waals surface area contributed by atoms with Gasteiger partial charge < -0.3 is 19.6 Å². The number of hydrogen-bond acceptors (Lipinski definition) is 5. The Balaban J connectivity index is 1.76. The fourth-order valence-corrected chi connectivity index (χ4v) is 2.86. The van der Waals surface area contributed by atoms with E-state index in [2.05, 4.69) is 10.5 Å². The molecular formula is C21H24N4O3. The van der Waals surface area contributed by atoms with Gasteiger partial charge in [-0.3, -0.25) is 9.59 Å². The number of likely N-dealkylation sites (N-methyl/N-ethyl adjacent to an activating group) is 1. The van der Waals surface area contributed by atoms with Crippen molar-refractivity contribution in [1.29, 1.82) is 0 Å². The fraction of sp³-hybridized carbons (Fsp3) is 0.286. The summed E-state index contributed by atoms with van der Waals surface area (Å²) in [4.78, 5) is 29.0. The van der Waals surface area contributed by atoms with E-state index < -0.39 is 0 Å². The first-order valence-corrected chi connectivity index (χ1v) is 9.08. The predicted molar refractivity (Wildman–Crippen MR) is 108 cm³/mol. The number of nitrogens with one attached hydrogen (secondary N) is 1. The second-order valence-electron chi connectivity index (χ2n) is 6.96. The van der Waals surface area contributed by atoms with E-state index in [1.54, 1.807) is 24.0 Å². The maximum Gasteiger partial charge on any atom is 0.254 e. The molecule has 3 rings (SSSR count). The fourth-order valence-electron chi connectivity index (χ4n) is 2.86. The molecule has 0 unspecified atom stereocenters. The van der Waals surface area contributed by atoms with E-state index in [0.29, 0.717) is 30.2 Å². The van der Waals surface area contributed by atoms with Gasteiger partial charge in [-0.1, -0.05) is 35.5 Å². The van der Waals surface area contributed by atoms with E-state index in [0.717, 1.165) is 10.8 Å². The smallest absolute Gasteiger partial charge is 0.254 e. The van der Waals surface area contributed by atoms with Crippen LogP contribution in [0.5, 0.6) is 0 Å². The van der Waals surface area contributed by atoms with Crippen molar-refractivity contribution in [2.75, 3.05) is 39.0 Å². The minimum atomic E-state index is -0.318. The molecule has 2 amide bonds. The standard InChI is InChI=1S/C21H24N4O3/c1-15-12-19(23-28-15)22-20(26)14-25(11-10-24(2)3)21(27)18-9-8-16-6-4-5-7-17(16)13-18/h4-9,12-13H,10-11,14H2,1-3H3,(H,22,23,26). The second kappa shape index (κ2) is 8.67. The van der Waals surface area contributed by atoms with Crippen LogP contribution in [0.15, 0.2) is 53.1 Å². The molecule has 7 nitrogen and oxygen atoms in total. The van der Waals surface area contributed by atoms with Gasteiger partial charge in [-0.05, 0) is 43.9 Å². The predicted octanol–water partition coefficient (Wildman–Crippen LogP) is 2.78. The lowest BCUT2D eigenvalue weighted by Gasteiger charge is -2.24. The van der Waals surface area contributed by atoms with Crippen LogP contribution in [0.2, 0.25) is 0 Å². The van der Waals surface area contributed by atoms with Crippen LogP contribution in [-0.4, -0.2) is 60.5 Å². The Bertz CT molecular complexity index is 980. The zero-order chi connectivity index (χ0) is 20.1. The van der Waals surface area contributed by atoms with E-state index >= 15 is 0 Å². The lowest BCUT2D eigenvalue weighted by molar-refractivity contribution is -0.117. The lowest BCUT2D eigenvalue weighted by Crippen LogP contribution is -2.41. The molecule has 1 heterocycles. The van der Waals surface area contributed by atoms with E-state index in [1.165, 1.54) is 0 Å². The second-order valence-corrected chi connectivity index (χ2v) is 6.96. The Morgan fingerprint density at radius 3 is 2.46 bits per heavy atom. The van der Waals surface area contributed by atoms with Crippen molar-refractivity contribution in [2.45, 2.75) is 6.92 Å². The van der Waals surface area contributed by atoms with Crippen molar-refractivity contribution in [3.05, 3.63) is 59.9 Å². The summed E-state index contributed by atoms with van der Waals surface area (Å²) in [6.07, 6.45) is 0. The third kappa shape index (κ3) is 4.95. The summed E-state index contributed by atoms with van der Waals surface area (Å²) in [5.41, 5.74) is 0.558. The zero-order valence-electron chi connectivity index (χ0n) is 16.3. The topological polar surface area (TPSA) is 78.7 Å². The maximum absolute atomic E-state index is 13.1. The first-order chi connectivity index (χ1) is 13.4. The molecule has 0 aliphatic carbocycles. The molecule has 0 radical (unpaired) electrons. The Kier molecular flexibility index (Phi) is 6.06. The number of benzene rings is 2. The molecule has 0 aliphatic rings. The molecule has 3 aromatic rings. The van der Waals surface area contributed by atoms with Crippen molar-refractivity contribution >= 4 is 28.4 Å². The van der Waals surface area contributed by atoms with Crippen LogP contribution < -0.4 is 5.32 Å². The maximum atomic E-state index is 13.1. The summed E-state index contributed by atoms with van der Waals surface area (Å²) >= 11 is 0. The van der Waals surface area contributed by atoms with Gasteiger partial charge in [0.1, 0.15) is 12.3 Å². The van der Waals surface area contributed by atoms with Crippen LogP contribution >= 0.6 is 0 Å². The number of rotatable bonds is 7. The Hall–Kier alpha value is -3.19. The number of hydrogen-bond donors (Lipinski definition) is 1. The first-order valence-electron chi connectivity index (χ1n) is 9.08. The monoisotopic (exact) mass is 380 g/mol. The van der Waals surface area contributed by atoms with Crippen molar-refractivity contribution in [1.82, 2.24) is 15.0 Å². The molecule has 0 aliphatic heterocycles. The molecule has 1 N–H and O–H groups in total. The normalized spacial score (nSPS) is 11.0. The van der Waals surface area contributed by atoms with E-state index in [-0.39, 0.29) is 18.4 Å². The van der Waals surface area contributed by atoms with Gasteiger partial charge in [0, 0.05) is 24.7 Å². The molecule has 7 heteroatoms. The summed E-state index contributed by atoms with van der Waals surface area (Å²) in [7, 11) is 3.86. The Morgan fingerprint density at radius 1 is 1.04 bits per heavy atom. The van der Waals surface area contributed by atoms with Gasteiger partial charge in [-0.2, -0.15) is 0 Å². The highest BCUT2D eigenvalue weighted by Crippen LogP contribution is 2.17. The number of aromatic nitrogens is 1. The van der Waals surface area contributed by atoms with Crippen molar-refractivity contribution in [3.8, 4) is 0 Å². The van der Waals surface area contributed by atoms with Crippen molar-refractivity contribution in [3.63, 3.8) is 0 Å². The zero-order valence-corrected chi connectivity index (χ0v) is 16.3. The van der Waals surface area contributed by atoms with Gasteiger partial charge in [0.25, 0.3) is 5.91 Å². The van der Waals surface area contributed by atoms with Crippen molar-refractivity contribution < 1.29 is 14.1 Å². The van der Waals surface area contributed by atoms with Crippen LogP contribution in [0.4, 0.5) is 5.82 Å². The van der Waals surface area contributed by atoms with Crippen LogP contribution in [0.25, 0.3) is 10.8 Å². The number of carbonyl (C=O) groups is 2. The van der Waals surface area contributed by atoms with Crippen LogP contribution in [-0.2, 0) is 4.79 Å². The summed E-state index contributed by atoms with van der Waals surface area (Å²) in [5, 5.41) is 8.48. The molecular weight excluding hydrogens is 356 g/mol. The molecule has 0 fully saturated rings. The molecule has 0 saturated heterocycles. The Morgan fingerprint density at radius 2 is 1.79 bits per heavy atom. The average molecular weight is 380 g/mol. The third-order valence-electron chi connectivity index (χ3n) is 4.33. The summed E-state index contributed by atoms with van der Waals surface area (Å²) in [5.74, 6) is 0.445. The van der Waals surface area contributed by atoms with Gasteiger partial charge in [-0.25, -0.2) is 0 Å². The molecule has 0 atom stereocenters. The molecule has 146 valence electrons. The SMILES string of the molecule is Cc1cc(NC(=O)CN(CCN(C)C)C(=O)c2ccc3ccccc3c2)no1. The van der Waals surface area contributed by atoms with E-state index in [4.69, 9.17) is 4.52 Å². The van der Waals surface area contributed by atoms with Gasteiger partial charge >= 0.3 is 0 Å². The van der Waals surface area contributed by atoms with E-state index in [1.807, 2.05) is 55.4 Å². The largest absolute Gasteiger partial charge is 0.360 e. The van der Waals surface area contributed by atoms with Gasteiger partial charge in [0.2, 0.25) is 5.91 Å². The Labute approximate surface area is 163 Å². The average Bonchev–Trinajstić information content (AvgIpc) is 3.08.